The number of aryl methyl sites for hydroxylation is 1. The Morgan fingerprint density at radius 3 is 2.73 bits per heavy atom. The molecule has 0 aliphatic carbocycles. The minimum atomic E-state index is -0.426. The largest absolute Gasteiger partial charge is 0.391 e. The molecule has 6 heteroatoms. The van der Waals surface area contributed by atoms with E-state index in [2.05, 4.69) is 9.97 Å². The first-order chi connectivity index (χ1) is 12.4. The molecule has 3 rings (SSSR count). The summed E-state index contributed by atoms with van der Waals surface area (Å²) in [5.41, 5.74) is 4.30. The zero-order valence-electron chi connectivity index (χ0n) is 15.9. The number of hydrogen-bond donors (Lipinski definition) is 1. The van der Waals surface area contributed by atoms with Gasteiger partial charge in [0.2, 0.25) is 5.95 Å². The monoisotopic (exact) mass is 354 g/mol. The van der Waals surface area contributed by atoms with Crippen molar-refractivity contribution in [3.8, 4) is 11.3 Å². The summed E-state index contributed by atoms with van der Waals surface area (Å²) in [6.07, 6.45) is 1.17. The van der Waals surface area contributed by atoms with Crippen LogP contribution in [0.2, 0.25) is 0 Å². The summed E-state index contributed by atoms with van der Waals surface area (Å²) < 4.78 is 0. The number of β-amino-alcohol motifs (C(OH)–C–C–N with tert-alkyl or cyclic N) is 1. The Balaban J connectivity index is 1.96. The standard InChI is InChI=1S/C20H26N4O2/c1-13-14(2)21-20(23(3)4)22-18(13)15-7-5-8-16(11-15)19(26)24-10-6-9-17(25)12-24/h5,7-8,11,17,25H,6,9-10,12H2,1-4H3/t17-/m0/s1. The minimum absolute atomic E-state index is 0.0399. The van der Waals surface area contributed by atoms with Gasteiger partial charge >= 0.3 is 0 Å². The maximum absolute atomic E-state index is 12.8. The number of likely N-dealkylation sites (tertiary alicyclic amines) is 1. The van der Waals surface area contributed by atoms with Crippen molar-refractivity contribution in [3.05, 3.63) is 41.1 Å². The van der Waals surface area contributed by atoms with Crippen molar-refractivity contribution in [3.63, 3.8) is 0 Å². The predicted molar refractivity (Wildman–Crippen MR) is 102 cm³/mol. The fourth-order valence-corrected chi connectivity index (χ4v) is 3.22. The van der Waals surface area contributed by atoms with Gasteiger partial charge in [-0.2, -0.15) is 0 Å². The van der Waals surface area contributed by atoms with E-state index in [1.165, 1.54) is 0 Å². The molecule has 2 heterocycles. The third kappa shape index (κ3) is 3.70. The summed E-state index contributed by atoms with van der Waals surface area (Å²) >= 11 is 0. The lowest BCUT2D eigenvalue weighted by atomic mass is 10.0. The zero-order chi connectivity index (χ0) is 18.8. The average molecular weight is 354 g/mol. The third-order valence-electron chi connectivity index (χ3n) is 4.84. The minimum Gasteiger partial charge on any atom is -0.391 e. The second kappa shape index (κ2) is 7.41. The molecule has 0 radical (unpaired) electrons. The Morgan fingerprint density at radius 2 is 2.04 bits per heavy atom. The Bertz CT molecular complexity index is 819. The lowest BCUT2D eigenvalue weighted by Crippen LogP contribution is -2.42. The van der Waals surface area contributed by atoms with Crippen LogP contribution in [0.15, 0.2) is 24.3 Å². The predicted octanol–water partition coefficient (Wildman–Crippen LogP) is 2.42. The number of benzene rings is 1. The van der Waals surface area contributed by atoms with E-state index in [4.69, 9.17) is 0 Å². The van der Waals surface area contributed by atoms with E-state index in [0.29, 0.717) is 24.6 Å². The number of carbonyl (C=O) groups is 1. The lowest BCUT2D eigenvalue weighted by molar-refractivity contribution is 0.0474. The van der Waals surface area contributed by atoms with Crippen LogP contribution in [0.4, 0.5) is 5.95 Å². The van der Waals surface area contributed by atoms with E-state index in [1.54, 1.807) is 4.90 Å². The van der Waals surface area contributed by atoms with Gasteiger partial charge in [-0.25, -0.2) is 9.97 Å². The van der Waals surface area contributed by atoms with E-state index < -0.39 is 6.10 Å². The van der Waals surface area contributed by atoms with Crippen molar-refractivity contribution in [2.24, 2.45) is 0 Å². The van der Waals surface area contributed by atoms with Gasteiger partial charge in [0.1, 0.15) is 0 Å². The molecule has 0 bridgehead atoms. The molecular weight excluding hydrogens is 328 g/mol. The maximum Gasteiger partial charge on any atom is 0.253 e. The number of aromatic nitrogens is 2. The van der Waals surface area contributed by atoms with Gasteiger partial charge in [0, 0.05) is 44.0 Å². The van der Waals surface area contributed by atoms with Crippen LogP contribution in [0.5, 0.6) is 0 Å². The first-order valence-electron chi connectivity index (χ1n) is 8.97. The normalized spacial score (nSPS) is 17.3. The lowest BCUT2D eigenvalue weighted by Gasteiger charge is -2.30. The molecule has 1 aliphatic heterocycles. The molecule has 138 valence electrons. The highest BCUT2D eigenvalue weighted by molar-refractivity contribution is 5.95. The van der Waals surface area contributed by atoms with E-state index in [9.17, 15) is 9.90 Å². The van der Waals surface area contributed by atoms with Crippen molar-refractivity contribution >= 4 is 11.9 Å². The topological polar surface area (TPSA) is 69.6 Å². The fraction of sp³-hybridized carbons (Fsp3) is 0.450. The highest BCUT2D eigenvalue weighted by atomic mass is 16.3. The SMILES string of the molecule is Cc1nc(N(C)C)nc(-c2cccc(C(=O)N3CCC[C@H](O)C3)c2)c1C. The molecule has 1 fully saturated rings. The van der Waals surface area contributed by atoms with Crippen molar-refractivity contribution in [2.75, 3.05) is 32.1 Å². The van der Waals surface area contributed by atoms with Crippen LogP contribution in [-0.2, 0) is 0 Å². The fourth-order valence-electron chi connectivity index (χ4n) is 3.22. The molecule has 1 N–H and O–H groups in total. The van der Waals surface area contributed by atoms with E-state index in [1.807, 2.05) is 57.1 Å². The van der Waals surface area contributed by atoms with Gasteiger partial charge in [-0.3, -0.25) is 4.79 Å². The molecule has 1 aromatic carbocycles. The van der Waals surface area contributed by atoms with Crippen LogP contribution in [0.3, 0.4) is 0 Å². The number of rotatable bonds is 3. The van der Waals surface area contributed by atoms with E-state index >= 15 is 0 Å². The van der Waals surface area contributed by atoms with Crippen LogP contribution in [0, 0.1) is 13.8 Å². The molecule has 0 unspecified atom stereocenters. The summed E-state index contributed by atoms with van der Waals surface area (Å²) in [5.74, 6) is 0.612. The molecule has 1 aliphatic rings. The van der Waals surface area contributed by atoms with Crippen LogP contribution in [0.25, 0.3) is 11.3 Å². The van der Waals surface area contributed by atoms with Gasteiger partial charge in [0.05, 0.1) is 11.8 Å². The first-order valence-corrected chi connectivity index (χ1v) is 8.97. The molecular formula is C20H26N4O2. The molecule has 0 saturated carbocycles. The van der Waals surface area contributed by atoms with Crippen LogP contribution >= 0.6 is 0 Å². The Hall–Kier alpha value is -2.47. The summed E-state index contributed by atoms with van der Waals surface area (Å²) in [6.45, 7) is 5.06. The van der Waals surface area contributed by atoms with Crippen molar-refractivity contribution < 1.29 is 9.90 Å². The van der Waals surface area contributed by atoms with Gasteiger partial charge in [-0.15, -0.1) is 0 Å². The zero-order valence-corrected chi connectivity index (χ0v) is 15.9. The molecule has 1 aromatic heterocycles. The van der Waals surface area contributed by atoms with Gasteiger partial charge in [0.15, 0.2) is 0 Å². The number of piperidine rings is 1. The van der Waals surface area contributed by atoms with E-state index in [0.717, 1.165) is 35.4 Å². The summed E-state index contributed by atoms with van der Waals surface area (Å²) in [7, 11) is 3.82. The molecule has 1 amide bonds. The second-order valence-corrected chi connectivity index (χ2v) is 7.11. The van der Waals surface area contributed by atoms with Gasteiger partial charge in [-0.1, -0.05) is 12.1 Å². The molecule has 26 heavy (non-hydrogen) atoms. The average Bonchev–Trinajstić information content (AvgIpc) is 2.63. The third-order valence-corrected chi connectivity index (χ3v) is 4.84. The van der Waals surface area contributed by atoms with Crippen LogP contribution in [0.1, 0.15) is 34.5 Å². The quantitative estimate of drug-likeness (QED) is 0.917. The molecule has 6 nitrogen and oxygen atoms in total. The summed E-state index contributed by atoms with van der Waals surface area (Å²) in [5, 5.41) is 9.84. The van der Waals surface area contributed by atoms with Gasteiger partial charge in [-0.05, 0) is 44.4 Å². The Morgan fingerprint density at radius 1 is 1.27 bits per heavy atom. The maximum atomic E-state index is 12.8. The molecule has 1 saturated heterocycles. The summed E-state index contributed by atoms with van der Waals surface area (Å²) in [4.78, 5) is 25.6. The highest BCUT2D eigenvalue weighted by Gasteiger charge is 2.23. The van der Waals surface area contributed by atoms with Gasteiger partial charge in [0.25, 0.3) is 5.91 Å². The molecule has 2 aromatic rings. The smallest absolute Gasteiger partial charge is 0.253 e. The molecule has 0 spiro atoms. The van der Waals surface area contributed by atoms with Crippen molar-refractivity contribution in [1.29, 1.82) is 0 Å². The Kier molecular flexibility index (Phi) is 5.23. The molecule has 1 atom stereocenters. The van der Waals surface area contributed by atoms with Crippen molar-refractivity contribution in [1.82, 2.24) is 14.9 Å². The van der Waals surface area contributed by atoms with Gasteiger partial charge < -0.3 is 14.9 Å². The van der Waals surface area contributed by atoms with Crippen LogP contribution < -0.4 is 4.90 Å². The number of aliphatic hydroxyl groups is 1. The van der Waals surface area contributed by atoms with E-state index in [-0.39, 0.29) is 5.91 Å². The van der Waals surface area contributed by atoms with Crippen LogP contribution in [-0.4, -0.2) is 59.2 Å². The Labute approximate surface area is 154 Å². The number of nitrogens with zero attached hydrogens (tertiary/aromatic N) is 4. The number of anilines is 1. The second-order valence-electron chi connectivity index (χ2n) is 7.11. The van der Waals surface area contributed by atoms with Crippen molar-refractivity contribution in [2.45, 2.75) is 32.8 Å². The number of amides is 1. The number of carbonyl (C=O) groups excluding carboxylic acids is 1. The number of aliphatic hydroxyl groups excluding tert-OH is 1. The number of hydrogen-bond acceptors (Lipinski definition) is 5. The summed E-state index contributed by atoms with van der Waals surface area (Å²) in [6, 6.07) is 7.56. The highest BCUT2D eigenvalue weighted by Crippen LogP contribution is 2.26. The first kappa shape index (κ1) is 18.3.